The van der Waals surface area contributed by atoms with Crippen LogP contribution in [0.4, 0.5) is 0 Å². The topological polar surface area (TPSA) is 29.9 Å². The molecule has 0 amide bonds. The summed E-state index contributed by atoms with van der Waals surface area (Å²) in [5.41, 5.74) is 4.63. The Kier molecular flexibility index (Phi) is 5.43. The Hall–Kier alpha value is -1.32. The second-order valence-corrected chi connectivity index (χ2v) is 5.64. The maximum Gasteiger partial charge on any atom is 0.0748 e. The molecule has 114 valence electrons. The van der Waals surface area contributed by atoms with Crippen LogP contribution >= 0.6 is 11.6 Å². The van der Waals surface area contributed by atoms with Gasteiger partial charge in [0.05, 0.1) is 17.4 Å². The number of rotatable bonds is 6. The van der Waals surface area contributed by atoms with Crippen LogP contribution in [0.5, 0.6) is 0 Å². The van der Waals surface area contributed by atoms with Gasteiger partial charge in [-0.05, 0) is 50.1 Å². The first kappa shape index (κ1) is 16.1. The van der Waals surface area contributed by atoms with Crippen LogP contribution in [-0.2, 0) is 13.0 Å². The van der Waals surface area contributed by atoms with Crippen molar-refractivity contribution >= 4 is 11.6 Å². The first-order valence-corrected chi connectivity index (χ1v) is 8.04. The zero-order valence-electron chi connectivity index (χ0n) is 13.3. The second-order valence-electron chi connectivity index (χ2n) is 5.23. The van der Waals surface area contributed by atoms with Crippen LogP contribution in [0.2, 0.25) is 5.02 Å². The molecule has 1 atom stereocenters. The summed E-state index contributed by atoms with van der Waals surface area (Å²) >= 11 is 6.30. The lowest BCUT2D eigenvalue weighted by Crippen LogP contribution is -2.24. The van der Waals surface area contributed by atoms with Gasteiger partial charge in [-0.1, -0.05) is 37.6 Å². The third-order valence-corrected chi connectivity index (χ3v) is 4.16. The number of nitrogens with one attached hydrogen (secondary N) is 1. The van der Waals surface area contributed by atoms with Crippen molar-refractivity contribution in [2.24, 2.45) is 0 Å². The Morgan fingerprint density at radius 2 is 2.00 bits per heavy atom. The van der Waals surface area contributed by atoms with Crippen molar-refractivity contribution in [3.8, 4) is 0 Å². The number of hydrogen-bond donors (Lipinski definition) is 1. The van der Waals surface area contributed by atoms with E-state index in [4.69, 9.17) is 11.6 Å². The Morgan fingerprint density at radius 1 is 1.24 bits per heavy atom. The predicted octanol–water partition coefficient (Wildman–Crippen LogP) is 4.13. The van der Waals surface area contributed by atoms with Gasteiger partial charge in [-0.2, -0.15) is 5.10 Å². The zero-order chi connectivity index (χ0) is 15.4. The van der Waals surface area contributed by atoms with E-state index >= 15 is 0 Å². The highest BCUT2D eigenvalue weighted by Crippen LogP contribution is 2.27. The second kappa shape index (κ2) is 7.10. The lowest BCUT2D eigenvalue weighted by molar-refractivity contribution is 0.540. The van der Waals surface area contributed by atoms with E-state index in [2.05, 4.69) is 60.1 Å². The van der Waals surface area contributed by atoms with Gasteiger partial charge in [0.1, 0.15) is 0 Å². The molecule has 2 aromatic rings. The van der Waals surface area contributed by atoms with Crippen molar-refractivity contribution in [1.29, 1.82) is 0 Å². The largest absolute Gasteiger partial charge is 0.305 e. The molecular weight excluding hydrogens is 282 g/mol. The molecule has 0 saturated carbocycles. The fraction of sp³-hybridized carbons (Fsp3) is 0.471. The monoisotopic (exact) mass is 305 g/mol. The molecular formula is C17H24ClN3. The summed E-state index contributed by atoms with van der Waals surface area (Å²) in [7, 11) is 0. The smallest absolute Gasteiger partial charge is 0.0748 e. The Morgan fingerprint density at radius 3 is 2.57 bits per heavy atom. The van der Waals surface area contributed by atoms with E-state index in [1.807, 2.05) is 6.92 Å². The van der Waals surface area contributed by atoms with E-state index in [0.717, 1.165) is 35.8 Å². The SMILES string of the molecule is CCNC(c1ccc(C)c(Cl)c1)c1cc(CC)nn1CC. The number of halogens is 1. The summed E-state index contributed by atoms with van der Waals surface area (Å²) in [5, 5.41) is 9.03. The maximum absolute atomic E-state index is 6.30. The van der Waals surface area contributed by atoms with Gasteiger partial charge in [0.2, 0.25) is 0 Å². The molecule has 0 bridgehead atoms. The van der Waals surface area contributed by atoms with Crippen LogP contribution in [0, 0.1) is 6.92 Å². The fourth-order valence-corrected chi connectivity index (χ4v) is 2.72. The minimum absolute atomic E-state index is 0.126. The van der Waals surface area contributed by atoms with Crippen LogP contribution in [0.15, 0.2) is 24.3 Å². The van der Waals surface area contributed by atoms with Gasteiger partial charge in [0.15, 0.2) is 0 Å². The highest BCUT2D eigenvalue weighted by molar-refractivity contribution is 6.31. The van der Waals surface area contributed by atoms with Crippen molar-refractivity contribution in [2.45, 2.75) is 46.7 Å². The zero-order valence-corrected chi connectivity index (χ0v) is 14.0. The minimum atomic E-state index is 0.126. The van der Waals surface area contributed by atoms with E-state index < -0.39 is 0 Å². The van der Waals surface area contributed by atoms with Crippen LogP contribution < -0.4 is 5.32 Å². The van der Waals surface area contributed by atoms with E-state index in [0.29, 0.717) is 0 Å². The summed E-state index contributed by atoms with van der Waals surface area (Å²) < 4.78 is 2.08. The predicted molar refractivity (Wildman–Crippen MR) is 89.0 cm³/mol. The maximum atomic E-state index is 6.30. The molecule has 4 heteroatoms. The van der Waals surface area contributed by atoms with Crippen LogP contribution in [0.3, 0.4) is 0 Å². The molecule has 21 heavy (non-hydrogen) atoms. The van der Waals surface area contributed by atoms with E-state index in [1.54, 1.807) is 0 Å². The summed E-state index contributed by atoms with van der Waals surface area (Å²) in [4.78, 5) is 0. The van der Waals surface area contributed by atoms with Gasteiger partial charge in [0.25, 0.3) is 0 Å². The van der Waals surface area contributed by atoms with Crippen molar-refractivity contribution in [3.05, 3.63) is 51.8 Å². The summed E-state index contributed by atoms with van der Waals surface area (Å²) in [5.74, 6) is 0. The van der Waals surface area contributed by atoms with E-state index in [1.165, 1.54) is 11.3 Å². The molecule has 0 saturated heterocycles. The number of benzene rings is 1. The highest BCUT2D eigenvalue weighted by Gasteiger charge is 2.19. The quantitative estimate of drug-likeness (QED) is 0.870. The van der Waals surface area contributed by atoms with Crippen molar-refractivity contribution in [1.82, 2.24) is 15.1 Å². The van der Waals surface area contributed by atoms with Gasteiger partial charge >= 0.3 is 0 Å². The standard InChI is InChI=1S/C17H24ClN3/c1-5-14-11-16(21(7-3)20-14)17(19-6-2)13-9-8-12(4)15(18)10-13/h8-11,17,19H,5-7H2,1-4H3. The highest BCUT2D eigenvalue weighted by atomic mass is 35.5. The molecule has 1 aromatic carbocycles. The molecule has 0 spiro atoms. The molecule has 1 unspecified atom stereocenters. The number of hydrogen-bond acceptors (Lipinski definition) is 2. The third kappa shape index (κ3) is 3.47. The lowest BCUT2D eigenvalue weighted by atomic mass is 10.0. The van der Waals surface area contributed by atoms with Crippen LogP contribution in [-0.4, -0.2) is 16.3 Å². The third-order valence-electron chi connectivity index (χ3n) is 3.76. The summed E-state index contributed by atoms with van der Waals surface area (Å²) in [6.45, 7) is 10.2. The number of aryl methyl sites for hydroxylation is 3. The summed E-state index contributed by atoms with van der Waals surface area (Å²) in [6.07, 6.45) is 0.952. The molecule has 0 fully saturated rings. The van der Waals surface area contributed by atoms with Gasteiger partial charge in [0, 0.05) is 11.6 Å². The average Bonchev–Trinajstić information content (AvgIpc) is 2.91. The summed E-state index contributed by atoms with van der Waals surface area (Å²) in [6, 6.07) is 8.61. The van der Waals surface area contributed by atoms with Crippen LogP contribution in [0.25, 0.3) is 0 Å². The lowest BCUT2D eigenvalue weighted by Gasteiger charge is -2.20. The Bertz CT molecular complexity index is 604. The van der Waals surface area contributed by atoms with Gasteiger partial charge in [-0.25, -0.2) is 0 Å². The molecule has 0 aliphatic rings. The average molecular weight is 306 g/mol. The minimum Gasteiger partial charge on any atom is -0.305 e. The first-order chi connectivity index (χ1) is 10.1. The van der Waals surface area contributed by atoms with E-state index in [-0.39, 0.29) is 6.04 Å². The van der Waals surface area contributed by atoms with Crippen LogP contribution in [0.1, 0.15) is 49.3 Å². The van der Waals surface area contributed by atoms with Crippen molar-refractivity contribution < 1.29 is 0 Å². The normalized spacial score (nSPS) is 12.6. The van der Waals surface area contributed by atoms with Gasteiger partial charge < -0.3 is 5.32 Å². The molecule has 3 nitrogen and oxygen atoms in total. The van der Waals surface area contributed by atoms with Gasteiger partial charge in [-0.3, -0.25) is 4.68 Å². The molecule has 0 aliphatic carbocycles. The van der Waals surface area contributed by atoms with E-state index in [9.17, 15) is 0 Å². The molecule has 1 aromatic heterocycles. The number of aromatic nitrogens is 2. The first-order valence-electron chi connectivity index (χ1n) is 7.66. The molecule has 1 heterocycles. The molecule has 2 rings (SSSR count). The Balaban J connectivity index is 2.47. The Labute approximate surface area is 132 Å². The van der Waals surface area contributed by atoms with Crippen molar-refractivity contribution in [2.75, 3.05) is 6.54 Å². The van der Waals surface area contributed by atoms with Gasteiger partial charge in [-0.15, -0.1) is 0 Å². The molecule has 0 aliphatic heterocycles. The fourth-order valence-electron chi connectivity index (χ4n) is 2.53. The molecule has 0 radical (unpaired) electrons. The number of nitrogens with zero attached hydrogens (tertiary/aromatic N) is 2. The van der Waals surface area contributed by atoms with Crippen molar-refractivity contribution in [3.63, 3.8) is 0 Å². The molecule has 1 N–H and O–H groups in total.